The van der Waals surface area contributed by atoms with E-state index >= 15 is 0 Å². The summed E-state index contributed by atoms with van der Waals surface area (Å²) in [6, 6.07) is 0. The van der Waals surface area contributed by atoms with Gasteiger partial charge in [0.15, 0.2) is 0 Å². The topological polar surface area (TPSA) is 32.8 Å². The highest BCUT2D eigenvalue weighted by molar-refractivity contribution is 5.16. The van der Waals surface area contributed by atoms with Crippen molar-refractivity contribution in [2.45, 2.75) is 38.6 Å². The largest absolute Gasteiger partial charge is 0.388 e. The van der Waals surface area contributed by atoms with E-state index < -0.39 is 5.60 Å². The van der Waals surface area contributed by atoms with E-state index in [0.29, 0.717) is 0 Å². The molecular formula is C8H12O2. The maximum absolute atomic E-state index is 9.36. The Balaban J connectivity index is 2.44. The van der Waals surface area contributed by atoms with Crippen molar-refractivity contribution < 1.29 is 9.84 Å². The first-order valence-corrected chi connectivity index (χ1v) is 3.36. The Morgan fingerprint density at radius 3 is 2.40 bits per heavy atom. The van der Waals surface area contributed by atoms with Gasteiger partial charge in [0.25, 0.3) is 0 Å². The molecule has 0 saturated carbocycles. The first-order chi connectivity index (χ1) is 4.55. The molecule has 56 valence electrons. The summed E-state index contributed by atoms with van der Waals surface area (Å²) >= 11 is 0. The zero-order chi connectivity index (χ0) is 7.78. The molecule has 1 aliphatic heterocycles. The average Bonchev–Trinajstić information content (AvgIpc) is 2.44. The Bertz CT molecular complexity index is 180. The zero-order valence-corrected chi connectivity index (χ0v) is 6.51. The molecule has 0 bridgehead atoms. The molecule has 2 unspecified atom stereocenters. The zero-order valence-electron chi connectivity index (χ0n) is 6.51. The fraction of sp³-hybridized carbons (Fsp3) is 0.750. The van der Waals surface area contributed by atoms with Crippen molar-refractivity contribution in [3.8, 4) is 11.8 Å². The summed E-state index contributed by atoms with van der Waals surface area (Å²) < 4.78 is 5.10. The maximum atomic E-state index is 9.36. The highest BCUT2D eigenvalue weighted by Gasteiger charge is 2.47. The molecule has 0 spiro atoms. The lowest BCUT2D eigenvalue weighted by Gasteiger charge is -2.11. The van der Waals surface area contributed by atoms with Gasteiger partial charge in [0.1, 0.15) is 12.2 Å². The third kappa shape index (κ3) is 1.50. The molecule has 2 heteroatoms. The molecule has 2 atom stereocenters. The van der Waals surface area contributed by atoms with Crippen LogP contribution in [-0.4, -0.2) is 22.9 Å². The van der Waals surface area contributed by atoms with Crippen LogP contribution in [0.2, 0.25) is 0 Å². The quantitative estimate of drug-likeness (QED) is 0.426. The number of aliphatic hydroxyl groups is 1. The minimum Gasteiger partial charge on any atom is -0.388 e. The Morgan fingerprint density at radius 1 is 1.50 bits per heavy atom. The van der Waals surface area contributed by atoms with Crippen molar-refractivity contribution in [1.29, 1.82) is 0 Å². The van der Waals surface area contributed by atoms with Crippen LogP contribution in [-0.2, 0) is 4.74 Å². The SMILES string of the molecule is CC#CC1OC1C(C)(C)O. The lowest BCUT2D eigenvalue weighted by Crippen LogP contribution is -2.27. The van der Waals surface area contributed by atoms with Crippen LogP contribution in [0.25, 0.3) is 0 Å². The summed E-state index contributed by atoms with van der Waals surface area (Å²) in [4.78, 5) is 0. The van der Waals surface area contributed by atoms with Crippen LogP contribution >= 0.6 is 0 Å². The van der Waals surface area contributed by atoms with Crippen molar-refractivity contribution in [2.24, 2.45) is 0 Å². The van der Waals surface area contributed by atoms with Crippen LogP contribution in [0, 0.1) is 11.8 Å². The van der Waals surface area contributed by atoms with Gasteiger partial charge in [-0.05, 0) is 20.8 Å². The van der Waals surface area contributed by atoms with Crippen LogP contribution in [0.15, 0.2) is 0 Å². The summed E-state index contributed by atoms with van der Waals surface area (Å²) in [6.45, 7) is 5.23. The van der Waals surface area contributed by atoms with E-state index in [1.165, 1.54) is 0 Å². The van der Waals surface area contributed by atoms with Crippen molar-refractivity contribution in [3.63, 3.8) is 0 Å². The summed E-state index contributed by atoms with van der Waals surface area (Å²) in [5.41, 5.74) is -0.742. The number of rotatable bonds is 1. The minimum atomic E-state index is -0.742. The maximum Gasteiger partial charge on any atom is 0.147 e. The van der Waals surface area contributed by atoms with Crippen molar-refractivity contribution in [3.05, 3.63) is 0 Å². The molecule has 0 aromatic carbocycles. The highest BCUT2D eigenvalue weighted by Crippen LogP contribution is 2.31. The Labute approximate surface area is 61.2 Å². The highest BCUT2D eigenvalue weighted by atomic mass is 16.6. The molecule has 1 aliphatic rings. The fourth-order valence-corrected chi connectivity index (χ4v) is 0.902. The van der Waals surface area contributed by atoms with Gasteiger partial charge >= 0.3 is 0 Å². The molecular weight excluding hydrogens is 128 g/mol. The second-order valence-electron chi connectivity index (χ2n) is 3.03. The van der Waals surface area contributed by atoms with E-state index in [-0.39, 0.29) is 12.2 Å². The normalized spacial score (nSPS) is 30.8. The first-order valence-electron chi connectivity index (χ1n) is 3.36. The van der Waals surface area contributed by atoms with Crippen LogP contribution in [0.5, 0.6) is 0 Å². The van der Waals surface area contributed by atoms with Crippen LogP contribution in [0.4, 0.5) is 0 Å². The standard InChI is InChI=1S/C8H12O2/c1-4-5-6-7(10-6)8(2,3)9/h6-7,9H,1-3H3. The average molecular weight is 140 g/mol. The second kappa shape index (κ2) is 2.26. The third-order valence-corrected chi connectivity index (χ3v) is 1.47. The lowest BCUT2D eigenvalue weighted by molar-refractivity contribution is 0.0482. The molecule has 2 nitrogen and oxygen atoms in total. The van der Waals surface area contributed by atoms with Gasteiger partial charge in [-0.25, -0.2) is 0 Å². The van der Waals surface area contributed by atoms with Gasteiger partial charge in [0.2, 0.25) is 0 Å². The van der Waals surface area contributed by atoms with E-state index in [1.54, 1.807) is 20.8 Å². The van der Waals surface area contributed by atoms with Crippen molar-refractivity contribution in [1.82, 2.24) is 0 Å². The van der Waals surface area contributed by atoms with Crippen LogP contribution in [0.3, 0.4) is 0 Å². The molecule has 1 saturated heterocycles. The number of hydrogen-bond donors (Lipinski definition) is 1. The lowest BCUT2D eigenvalue weighted by atomic mass is 10.0. The predicted octanol–water partition coefficient (Wildman–Crippen LogP) is 0.548. The van der Waals surface area contributed by atoms with Gasteiger partial charge in [-0.3, -0.25) is 0 Å². The third-order valence-electron chi connectivity index (χ3n) is 1.47. The number of hydrogen-bond acceptors (Lipinski definition) is 2. The first kappa shape index (κ1) is 7.59. The summed E-state index contributed by atoms with van der Waals surface area (Å²) in [5.74, 6) is 5.59. The van der Waals surface area contributed by atoms with E-state index in [1.807, 2.05) is 0 Å². The molecule has 0 amide bonds. The van der Waals surface area contributed by atoms with E-state index in [9.17, 15) is 5.11 Å². The number of epoxide rings is 1. The monoisotopic (exact) mass is 140 g/mol. The van der Waals surface area contributed by atoms with Gasteiger partial charge in [-0.15, -0.1) is 5.92 Å². The molecule has 0 aliphatic carbocycles. The number of ether oxygens (including phenoxy) is 1. The van der Waals surface area contributed by atoms with Crippen LogP contribution < -0.4 is 0 Å². The van der Waals surface area contributed by atoms with Gasteiger partial charge in [0, 0.05) is 0 Å². The predicted molar refractivity (Wildman–Crippen MR) is 38.4 cm³/mol. The van der Waals surface area contributed by atoms with E-state index in [2.05, 4.69) is 11.8 Å². The molecule has 1 rings (SSSR count). The molecule has 1 N–H and O–H groups in total. The van der Waals surface area contributed by atoms with Crippen molar-refractivity contribution >= 4 is 0 Å². The second-order valence-corrected chi connectivity index (χ2v) is 3.03. The summed E-state index contributed by atoms with van der Waals surface area (Å²) in [6.07, 6.45) is -0.120. The van der Waals surface area contributed by atoms with Gasteiger partial charge in [-0.2, -0.15) is 0 Å². The van der Waals surface area contributed by atoms with E-state index in [0.717, 1.165) is 0 Å². The van der Waals surface area contributed by atoms with Crippen molar-refractivity contribution in [2.75, 3.05) is 0 Å². The van der Waals surface area contributed by atoms with Crippen LogP contribution in [0.1, 0.15) is 20.8 Å². The van der Waals surface area contributed by atoms with Gasteiger partial charge in [0.05, 0.1) is 5.60 Å². The minimum absolute atomic E-state index is 0.0370. The Hall–Kier alpha value is -0.520. The molecule has 0 radical (unpaired) electrons. The Kier molecular flexibility index (Phi) is 1.72. The molecule has 0 aromatic heterocycles. The summed E-state index contributed by atoms with van der Waals surface area (Å²) in [7, 11) is 0. The Morgan fingerprint density at radius 2 is 2.10 bits per heavy atom. The van der Waals surface area contributed by atoms with Gasteiger partial charge in [-0.1, -0.05) is 5.92 Å². The molecule has 10 heavy (non-hydrogen) atoms. The fourth-order valence-electron chi connectivity index (χ4n) is 0.902. The smallest absolute Gasteiger partial charge is 0.147 e. The molecule has 0 aromatic rings. The van der Waals surface area contributed by atoms with E-state index in [4.69, 9.17) is 4.74 Å². The van der Waals surface area contributed by atoms with Gasteiger partial charge < -0.3 is 9.84 Å². The summed E-state index contributed by atoms with van der Waals surface area (Å²) in [5, 5.41) is 9.36. The molecule has 1 heterocycles. The molecule has 1 fully saturated rings.